The Morgan fingerprint density at radius 3 is 2.64 bits per heavy atom. The molecule has 0 heterocycles. The molecule has 0 unspecified atom stereocenters. The van der Waals surface area contributed by atoms with Gasteiger partial charge < -0.3 is 15.8 Å². The van der Waals surface area contributed by atoms with Crippen LogP contribution >= 0.6 is 15.9 Å². The molecule has 2 aromatic rings. The maximum Gasteiger partial charge on any atom is 0.255 e. The van der Waals surface area contributed by atoms with Crippen LogP contribution in [0.5, 0.6) is 5.75 Å². The molecule has 4 nitrogen and oxygen atoms in total. The number of amides is 1. The fourth-order valence-corrected chi connectivity index (χ4v) is 2.88. The van der Waals surface area contributed by atoms with Gasteiger partial charge in [0.25, 0.3) is 5.91 Å². The number of hydrogen-bond donors (Lipinski definition) is 2. The van der Waals surface area contributed by atoms with Gasteiger partial charge in [0, 0.05) is 16.9 Å². The summed E-state index contributed by atoms with van der Waals surface area (Å²) >= 11 is 3.39. The molecule has 0 aliphatic rings. The Balaban J connectivity index is 2.31. The first-order chi connectivity index (χ1) is 10.5. The monoisotopic (exact) mass is 362 g/mol. The molecule has 0 radical (unpaired) electrons. The van der Waals surface area contributed by atoms with Crippen molar-refractivity contribution < 1.29 is 9.53 Å². The van der Waals surface area contributed by atoms with E-state index in [1.54, 1.807) is 25.3 Å². The number of halogens is 1. The average Bonchev–Trinajstić information content (AvgIpc) is 2.49. The van der Waals surface area contributed by atoms with Gasteiger partial charge in [-0.05, 0) is 70.7 Å². The number of ether oxygens (including phenoxy) is 1. The Hall–Kier alpha value is -2.01. The van der Waals surface area contributed by atoms with Gasteiger partial charge in [-0.2, -0.15) is 0 Å². The van der Waals surface area contributed by atoms with Crippen molar-refractivity contribution in [3.05, 3.63) is 51.5 Å². The second-order valence-corrected chi connectivity index (χ2v) is 5.88. The molecule has 2 aromatic carbocycles. The van der Waals surface area contributed by atoms with Gasteiger partial charge in [-0.1, -0.05) is 6.92 Å². The molecular weight excluding hydrogens is 344 g/mol. The van der Waals surface area contributed by atoms with Crippen LogP contribution in [0.4, 0.5) is 11.4 Å². The van der Waals surface area contributed by atoms with Crippen molar-refractivity contribution in [1.29, 1.82) is 0 Å². The van der Waals surface area contributed by atoms with E-state index in [9.17, 15) is 4.79 Å². The molecular formula is C17H19BrN2O2. The van der Waals surface area contributed by atoms with Gasteiger partial charge in [-0.15, -0.1) is 0 Å². The summed E-state index contributed by atoms with van der Waals surface area (Å²) in [5, 5.41) is 2.98. The Morgan fingerprint density at radius 2 is 2.05 bits per heavy atom. The second-order valence-electron chi connectivity index (χ2n) is 5.03. The first-order valence-corrected chi connectivity index (χ1v) is 7.79. The number of hydrogen-bond acceptors (Lipinski definition) is 3. The summed E-state index contributed by atoms with van der Waals surface area (Å²) in [7, 11) is 1.59. The highest BCUT2D eigenvalue weighted by Crippen LogP contribution is 2.28. The molecule has 22 heavy (non-hydrogen) atoms. The third-order valence-corrected chi connectivity index (χ3v) is 4.09. The van der Waals surface area contributed by atoms with Crippen molar-refractivity contribution in [2.24, 2.45) is 0 Å². The minimum absolute atomic E-state index is 0.161. The molecule has 3 N–H and O–H groups in total. The zero-order valence-corrected chi connectivity index (χ0v) is 14.5. The Morgan fingerprint density at radius 1 is 1.32 bits per heavy atom. The minimum atomic E-state index is -0.161. The van der Waals surface area contributed by atoms with Crippen LogP contribution in [-0.2, 0) is 6.42 Å². The van der Waals surface area contributed by atoms with Crippen molar-refractivity contribution in [2.45, 2.75) is 20.3 Å². The van der Waals surface area contributed by atoms with Crippen molar-refractivity contribution in [1.82, 2.24) is 0 Å². The molecule has 116 valence electrons. The molecule has 1 amide bonds. The molecule has 0 fully saturated rings. The van der Waals surface area contributed by atoms with E-state index in [0.29, 0.717) is 17.0 Å². The number of carbonyl (C=O) groups excluding carboxylic acids is 1. The number of aryl methyl sites for hydroxylation is 2. The zero-order chi connectivity index (χ0) is 16.3. The fourth-order valence-electron chi connectivity index (χ4n) is 2.34. The van der Waals surface area contributed by atoms with E-state index >= 15 is 0 Å². The summed E-state index contributed by atoms with van der Waals surface area (Å²) in [6.45, 7) is 3.98. The summed E-state index contributed by atoms with van der Waals surface area (Å²) in [6, 6.07) is 8.99. The van der Waals surface area contributed by atoms with Crippen molar-refractivity contribution in [2.75, 3.05) is 18.2 Å². The number of methoxy groups -OCH3 is 1. The quantitative estimate of drug-likeness (QED) is 0.802. The van der Waals surface area contributed by atoms with E-state index < -0.39 is 0 Å². The highest BCUT2D eigenvalue weighted by Gasteiger charge is 2.13. The number of nitrogens with one attached hydrogen (secondary N) is 1. The molecule has 0 aliphatic carbocycles. The van der Waals surface area contributed by atoms with Crippen molar-refractivity contribution in [3.63, 3.8) is 0 Å². The lowest BCUT2D eigenvalue weighted by atomic mass is 10.0. The van der Waals surface area contributed by atoms with Gasteiger partial charge in [0.05, 0.1) is 11.6 Å². The zero-order valence-electron chi connectivity index (χ0n) is 12.9. The standard InChI is InChI=1S/C17H19BrN2O2/c1-4-11-8-13(19)7-10(2)16(11)20-17(21)12-5-6-15(22-3)14(18)9-12/h5-9H,4,19H2,1-3H3,(H,20,21). The van der Waals surface area contributed by atoms with Crippen LogP contribution in [0, 0.1) is 6.92 Å². The van der Waals surface area contributed by atoms with E-state index in [0.717, 1.165) is 27.7 Å². The SMILES string of the molecule is CCc1cc(N)cc(C)c1NC(=O)c1ccc(OC)c(Br)c1. The Kier molecular flexibility index (Phi) is 5.08. The van der Waals surface area contributed by atoms with Gasteiger partial charge in [-0.3, -0.25) is 4.79 Å². The van der Waals surface area contributed by atoms with E-state index in [1.807, 2.05) is 26.0 Å². The summed E-state index contributed by atoms with van der Waals surface area (Å²) in [5.41, 5.74) is 9.94. The van der Waals surface area contributed by atoms with E-state index in [1.165, 1.54) is 0 Å². The van der Waals surface area contributed by atoms with Crippen LogP contribution in [0.25, 0.3) is 0 Å². The number of nitrogen functional groups attached to an aromatic ring is 1. The highest BCUT2D eigenvalue weighted by atomic mass is 79.9. The first-order valence-electron chi connectivity index (χ1n) is 7.00. The van der Waals surface area contributed by atoms with E-state index in [-0.39, 0.29) is 5.91 Å². The third kappa shape index (κ3) is 3.42. The van der Waals surface area contributed by atoms with Crippen LogP contribution in [-0.4, -0.2) is 13.0 Å². The lowest BCUT2D eigenvalue weighted by molar-refractivity contribution is 0.102. The minimum Gasteiger partial charge on any atom is -0.496 e. The molecule has 0 saturated heterocycles. The van der Waals surface area contributed by atoms with Crippen LogP contribution < -0.4 is 15.8 Å². The number of rotatable bonds is 4. The Bertz CT molecular complexity index is 714. The number of carbonyl (C=O) groups is 1. The summed E-state index contributed by atoms with van der Waals surface area (Å²) < 4.78 is 5.92. The average molecular weight is 363 g/mol. The van der Waals surface area contributed by atoms with Crippen LogP contribution in [0.2, 0.25) is 0 Å². The van der Waals surface area contributed by atoms with Gasteiger partial charge in [-0.25, -0.2) is 0 Å². The van der Waals surface area contributed by atoms with Gasteiger partial charge in [0.2, 0.25) is 0 Å². The van der Waals surface area contributed by atoms with Crippen LogP contribution in [0.1, 0.15) is 28.4 Å². The second kappa shape index (κ2) is 6.83. The molecule has 0 atom stereocenters. The lowest BCUT2D eigenvalue weighted by Gasteiger charge is -2.14. The fraction of sp³-hybridized carbons (Fsp3) is 0.235. The number of benzene rings is 2. The summed E-state index contributed by atoms with van der Waals surface area (Å²) in [4.78, 5) is 12.5. The third-order valence-electron chi connectivity index (χ3n) is 3.47. The maximum absolute atomic E-state index is 12.5. The van der Waals surface area contributed by atoms with Gasteiger partial charge in [0.15, 0.2) is 0 Å². The molecule has 0 spiro atoms. The molecule has 0 saturated carbocycles. The van der Waals surface area contributed by atoms with E-state index in [2.05, 4.69) is 21.2 Å². The maximum atomic E-state index is 12.5. The van der Waals surface area contributed by atoms with Gasteiger partial charge >= 0.3 is 0 Å². The van der Waals surface area contributed by atoms with E-state index in [4.69, 9.17) is 10.5 Å². The van der Waals surface area contributed by atoms with Crippen molar-refractivity contribution in [3.8, 4) is 5.75 Å². The normalized spacial score (nSPS) is 10.4. The summed E-state index contributed by atoms with van der Waals surface area (Å²) in [6.07, 6.45) is 0.799. The molecule has 0 bridgehead atoms. The predicted octanol–water partition coefficient (Wildman–Crippen LogP) is 4.16. The smallest absolute Gasteiger partial charge is 0.255 e. The van der Waals surface area contributed by atoms with Gasteiger partial charge in [0.1, 0.15) is 5.75 Å². The number of nitrogens with two attached hydrogens (primary N) is 1. The topological polar surface area (TPSA) is 64.3 Å². The van der Waals surface area contributed by atoms with Crippen molar-refractivity contribution >= 4 is 33.2 Å². The lowest BCUT2D eigenvalue weighted by Crippen LogP contribution is -2.14. The summed E-state index contributed by atoms with van der Waals surface area (Å²) in [5.74, 6) is 0.528. The number of anilines is 2. The predicted molar refractivity (Wildman–Crippen MR) is 93.6 cm³/mol. The molecule has 0 aliphatic heterocycles. The van der Waals surface area contributed by atoms with Crippen LogP contribution in [0.3, 0.4) is 0 Å². The molecule has 0 aromatic heterocycles. The first kappa shape index (κ1) is 16.4. The largest absolute Gasteiger partial charge is 0.496 e. The van der Waals surface area contributed by atoms with Crippen LogP contribution in [0.15, 0.2) is 34.8 Å². The molecule has 2 rings (SSSR count). The highest BCUT2D eigenvalue weighted by molar-refractivity contribution is 9.10. The molecule has 5 heteroatoms. The Labute approximate surface area is 138 Å².